The molecule has 2 aromatic heterocycles. The highest BCUT2D eigenvalue weighted by Crippen LogP contribution is 2.27. The lowest BCUT2D eigenvalue weighted by atomic mass is 9.95. The Hall–Kier alpha value is -2.63. The Kier molecular flexibility index (Phi) is 3.76. The van der Waals surface area contributed by atoms with E-state index in [-0.39, 0.29) is 0 Å². The van der Waals surface area contributed by atoms with Crippen LogP contribution in [0.15, 0.2) is 30.3 Å². The summed E-state index contributed by atoms with van der Waals surface area (Å²) in [5.41, 5.74) is 4.81. The zero-order chi connectivity index (χ0) is 17.5. The Morgan fingerprint density at radius 3 is 2.85 bits per heavy atom. The molecule has 5 rings (SSSR count). The van der Waals surface area contributed by atoms with Crippen molar-refractivity contribution in [3.8, 4) is 0 Å². The van der Waals surface area contributed by atoms with E-state index in [0.29, 0.717) is 5.92 Å². The van der Waals surface area contributed by atoms with Gasteiger partial charge in [0, 0.05) is 32.6 Å². The lowest BCUT2D eigenvalue weighted by molar-refractivity contribution is 0.423. The van der Waals surface area contributed by atoms with Crippen molar-refractivity contribution in [1.82, 2.24) is 19.7 Å². The minimum atomic E-state index is 0.618. The van der Waals surface area contributed by atoms with Gasteiger partial charge >= 0.3 is 0 Å². The Balaban J connectivity index is 1.20. The summed E-state index contributed by atoms with van der Waals surface area (Å²) in [6, 6.07) is 10.5. The fourth-order valence-corrected chi connectivity index (χ4v) is 4.06. The Morgan fingerprint density at radius 1 is 1.12 bits per heavy atom. The monoisotopic (exact) mass is 348 g/mol. The number of aryl methyl sites for hydroxylation is 3. The molecule has 134 valence electrons. The standard InChI is InChI=1S/C20H24N6/c1-25-18-9-5-4-8-17(18)22-20(25)21-11-14-12-26(13-14)19-10-15-6-2-3-7-16(15)23-24-19/h4-5,8-10,14H,2-3,6-7,11-13H2,1H3,(H,21,22). The molecular weight excluding hydrogens is 324 g/mol. The number of hydrogen-bond donors (Lipinski definition) is 1. The number of fused-ring (bicyclic) bond motifs is 2. The van der Waals surface area contributed by atoms with E-state index in [1.165, 1.54) is 24.1 Å². The van der Waals surface area contributed by atoms with Crippen molar-refractivity contribution in [2.75, 3.05) is 29.9 Å². The third-order valence-electron chi connectivity index (χ3n) is 5.67. The molecular formula is C20H24N6. The number of imidazole rings is 1. The minimum Gasteiger partial charge on any atom is -0.355 e. The van der Waals surface area contributed by atoms with E-state index in [0.717, 1.165) is 55.3 Å². The van der Waals surface area contributed by atoms with Crippen molar-refractivity contribution in [3.63, 3.8) is 0 Å². The molecule has 1 aliphatic carbocycles. The first-order valence-corrected chi connectivity index (χ1v) is 9.54. The smallest absolute Gasteiger partial charge is 0.203 e. The summed E-state index contributed by atoms with van der Waals surface area (Å²) in [6.45, 7) is 3.00. The van der Waals surface area contributed by atoms with Crippen molar-refractivity contribution in [1.29, 1.82) is 0 Å². The Bertz CT molecular complexity index is 941. The van der Waals surface area contributed by atoms with Crippen LogP contribution in [0.1, 0.15) is 24.1 Å². The summed E-state index contributed by atoms with van der Waals surface area (Å²) < 4.78 is 2.13. The number of anilines is 2. The van der Waals surface area contributed by atoms with E-state index in [2.05, 4.69) is 61.3 Å². The van der Waals surface area contributed by atoms with Crippen LogP contribution < -0.4 is 10.2 Å². The molecule has 2 aliphatic rings. The molecule has 3 aromatic rings. The van der Waals surface area contributed by atoms with Crippen LogP contribution in [0.25, 0.3) is 11.0 Å². The zero-order valence-electron chi connectivity index (χ0n) is 15.1. The lowest BCUT2D eigenvalue weighted by Gasteiger charge is -2.40. The molecule has 6 nitrogen and oxygen atoms in total. The van der Waals surface area contributed by atoms with Crippen molar-refractivity contribution in [2.45, 2.75) is 25.7 Å². The topological polar surface area (TPSA) is 58.9 Å². The van der Waals surface area contributed by atoms with Crippen LogP contribution in [-0.4, -0.2) is 39.4 Å². The fraction of sp³-hybridized carbons (Fsp3) is 0.450. The molecule has 6 heteroatoms. The van der Waals surface area contributed by atoms with Crippen molar-refractivity contribution >= 4 is 22.8 Å². The molecule has 1 fully saturated rings. The van der Waals surface area contributed by atoms with Crippen LogP contribution in [0.4, 0.5) is 11.8 Å². The molecule has 1 N–H and O–H groups in total. The maximum Gasteiger partial charge on any atom is 0.203 e. The van der Waals surface area contributed by atoms with Gasteiger partial charge in [-0.05, 0) is 49.4 Å². The van der Waals surface area contributed by atoms with Crippen LogP contribution >= 0.6 is 0 Å². The molecule has 0 atom stereocenters. The molecule has 0 radical (unpaired) electrons. The van der Waals surface area contributed by atoms with E-state index >= 15 is 0 Å². The molecule has 1 aliphatic heterocycles. The quantitative estimate of drug-likeness (QED) is 0.786. The molecule has 26 heavy (non-hydrogen) atoms. The third kappa shape index (κ3) is 2.69. The van der Waals surface area contributed by atoms with Crippen LogP contribution in [0.2, 0.25) is 0 Å². The van der Waals surface area contributed by atoms with Gasteiger partial charge in [0.1, 0.15) is 0 Å². The molecule has 1 saturated heterocycles. The normalized spacial score (nSPS) is 17.2. The first-order chi connectivity index (χ1) is 12.8. The maximum atomic E-state index is 4.68. The highest BCUT2D eigenvalue weighted by Gasteiger charge is 2.29. The fourth-order valence-electron chi connectivity index (χ4n) is 4.06. The van der Waals surface area contributed by atoms with Gasteiger partial charge in [-0.15, -0.1) is 5.10 Å². The van der Waals surface area contributed by atoms with Gasteiger partial charge < -0.3 is 14.8 Å². The molecule has 0 amide bonds. The molecule has 0 unspecified atom stereocenters. The predicted octanol–water partition coefficient (Wildman–Crippen LogP) is 2.79. The Morgan fingerprint density at radius 2 is 1.96 bits per heavy atom. The van der Waals surface area contributed by atoms with Gasteiger partial charge in [-0.3, -0.25) is 0 Å². The molecule has 0 spiro atoms. The lowest BCUT2D eigenvalue weighted by Crippen LogP contribution is -2.50. The number of nitrogens with one attached hydrogen (secondary N) is 1. The summed E-state index contributed by atoms with van der Waals surface area (Å²) in [6.07, 6.45) is 4.78. The van der Waals surface area contributed by atoms with Crippen LogP contribution in [0, 0.1) is 5.92 Å². The second kappa shape index (κ2) is 6.27. The van der Waals surface area contributed by atoms with Crippen LogP contribution in [-0.2, 0) is 19.9 Å². The average molecular weight is 348 g/mol. The molecule has 3 heterocycles. The van der Waals surface area contributed by atoms with Crippen molar-refractivity contribution < 1.29 is 0 Å². The van der Waals surface area contributed by atoms with Gasteiger partial charge in [0.25, 0.3) is 0 Å². The number of aromatic nitrogens is 4. The van der Waals surface area contributed by atoms with Crippen molar-refractivity contribution in [2.24, 2.45) is 13.0 Å². The van der Waals surface area contributed by atoms with E-state index < -0.39 is 0 Å². The summed E-state index contributed by atoms with van der Waals surface area (Å²) >= 11 is 0. The largest absolute Gasteiger partial charge is 0.355 e. The van der Waals surface area contributed by atoms with Gasteiger partial charge in [0.2, 0.25) is 5.95 Å². The highest BCUT2D eigenvalue weighted by molar-refractivity contribution is 5.78. The average Bonchev–Trinajstić information content (AvgIpc) is 2.96. The first-order valence-electron chi connectivity index (χ1n) is 9.54. The number of nitrogens with zero attached hydrogens (tertiary/aromatic N) is 5. The number of hydrogen-bond acceptors (Lipinski definition) is 5. The third-order valence-corrected chi connectivity index (χ3v) is 5.67. The number of rotatable bonds is 4. The first kappa shape index (κ1) is 15.6. The molecule has 0 saturated carbocycles. The number of benzene rings is 1. The van der Waals surface area contributed by atoms with E-state index in [4.69, 9.17) is 0 Å². The summed E-state index contributed by atoms with van der Waals surface area (Å²) in [5, 5.41) is 12.4. The van der Waals surface area contributed by atoms with Gasteiger partial charge in [-0.1, -0.05) is 12.1 Å². The van der Waals surface area contributed by atoms with E-state index in [1.807, 2.05) is 6.07 Å². The summed E-state index contributed by atoms with van der Waals surface area (Å²) in [7, 11) is 2.06. The van der Waals surface area contributed by atoms with Gasteiger partial charge in [-0.25, -0.2) is 4.98 Å². The minimum absolute atomic E-state index is 0.618. The molecule has 0 bridgehead atoms. The second-order valence-corrected chi connectivity index (χ2v) is 7.52. The van der Waals surface area contributed by atoms with Crippen LogP contribution in [0.5, 0.6) is 0 Å². The Labute approximate surface area is 153 Å². The van der Waals surface area contributed by atoms with E-state index in [9.17, 15) is 0 Å². The number of para-hydroxylation sites is 2. The molecule has 1 aromatic carbocycles. The summed E-state index contributed by atoms with van der Waals surface area (Å²) in [4.78, 5) is 7.02. The zero-order valence-corrected chi connectivity index (χ0v) is 15.1. The van der Waals surface area contributed by atoms with Gasteiger partial charge in [-0.2, -0.15) is 5.10 Å². The van der Waals surface area contributed by atoms with Crippen molar-refractivity contribution in [3.05, 3.63) is 41.6 Å². The van der Waals surface area contributed by atoms with Crippen LogP contribution in [0.3, 0.4) is 0 Å². The summed E-state index contributed by atoms with van der Waals surface area (Å²) in [5.74, 6) is 2.61. The second-order valence-electron chi connectivity index (χ2n) is 7.52. The highest BCUT2D eigenvalue weighted by atomic mass is 15.3. The SMILES string of the molecule is Cn1c(NCC2CN(c3cc4c(nn3)CCCC4)C2)nc2ccccc21. The van der Waals surface area contributed by atoms with E-state index in [1.54, 1.807) is 0 Å². The van der Waals surface area contributed by atoms with Gasteiger partial charge in [0.05, 0.1) is 16.7 Å². The van der Waals surface area contributed by atoms with Gasteiger partial charge in [0.15, 0.2) is 5.82 Å². The predicted molar refractivity (Wildman–Crippen MR) is 104 cm³/mol. The maximum absolute atomic E-state index is 4.68.